The smallest absolute Gasteiger partial charge is 0.408 e. The highest BCUT2D eigenvalue weighted by molar-refractivity contribution is 5.86. The lowest BCUT2D eigenvalue weighted by molar-refractivity contribution is -0.158. The largest absolute Gasteiger partial charge is 0.444 e. The van der Waals surface area contributed by atoms with Crippen LogP contribution in [0.2, 0.25) is 0 Å². The van der Waals surface area contributed by atoms with Gasteiger partial charge in [-0.3, -0.25) is 10.0 Å². The van der Waals surface area contributed by atoms with Gasteiger partial charge in [-0.2, -0.15) is 0 Å². The Bertz CT molecular complexity index is 272. The summed E-state index contributed by atoms with van der Waals surface area (Å²) in [6.07, 6.45) is -0.245. The minimum atomic E-state index is -0.676. The molecule has 0 aliphatic carbocycles. The van der Waals surface area contributed by atoms with Gasteiger partial charge in [0.05, 0.1) is 6.54 Å². The molecule has 0 aromatic heterocycles. The first-order valence-corrected chi connectivity index (χ1v) is 4.79. The standard InChI is InChI=1S/C9H16N2O4/c1-9(2,3)15-8(13)10-6-4-5-11(14)7(6)12/h6,14H,4-5H2,1-3H3,(H,10,13). The molecule has 2 N–H and O–H groups in total. The molecule has 0 saturated carbocycles. The fraction of sp³-hybridized carbons (Fsp3) is 0.778. The fourth-order valence-corrected chi connectivity index (χ4v) is 1.25. The number of rotatable bonds is 1. The second kappa shape index (κ2) is 4.06. The molecule has 1 atom stereocenters. The van der Waals surface area contributed by atoms with E-state index in [4.69, 9.17) is 9.94 Å². The molecule has 0 aromatic carbocycles. The van der Waals surface area contributed by atoms with Crippen molar-refractivity contribution in [3.63, 3.8) is 0 Å². The molecule has 6 nitrogen and oxygen atoms in total. The van der Waals surface area contributed by atoms with E-state index < -0.39 is 23.6 Å². The van der Waals surface area contributed by atoms with Gasteiger partial charge in [0.2, 0.25) is 0 Å². The van der Waals surface area contributed by atoms with Gasteiger partial charge in [0, 0.05) is 0 Å². The fourth-order valence-electron chi connectivity index (χ4n) is 1.25. The summed E-state index contributed by atoms with van der Waals surface area (Å²) in [4.78, 5) is 22.5. The topological polar surface area (TPSA) is 78.9 Å². The van der Waals surface area contributed by atoms with Crippen LogP contribution in [0.25, 0.3) is 0 Å². The van der Waals surface area contributed by atoms with Crippen LogP contribution in [0.5, 0.6) is 0 Å². The molecule has 1 aliphatic rings. The summed E-state index contributed by atoms with van der Waals surface area (Å²) >= 11 is 0. The lowest BCUT2D eigenvalue weighted by Gasteiger charge is -2.21. The molecule has 0 spiro atoms. The average molecular weight is 216 g/mol. The molecule has 1 aliphatic heterocycles. The van der Waals surface area contributed by atoms with E-state index in [2.05, 4.69) is 5.32 Å². The molecule has 6 heteroatoms. The highest BCUT2D eigenvalue weighted by atomic mass is 16.6. The first-order valence-electron chi connectivity index (χ1n) is 4.79. The molecule has 1 unspecified atom stereocenters. The number of amides is 2. The van der Waals surface area contributed by atoms with Crippen molar-refractivity contribution in [3.05, 3.63) is 0 Å². The van der Waals surface area contributed by atoms with E-state index in [0.29, 0.717) is 11.5 Å². The SMILES string of the molecule is CC(C)(C)OC(=O)NC1CCN(O)C1=O. The molecule has 0 radical (unpaired) electrons. The van der Waals surface area contributed by atoms with Crippen LogP contribution in [0, 0.1) is 0 Å². The molecule has 2 amide bonds. The molecule has 1 saturated heterocycles. The van der Waals surface area contributed by atoms with Crippen molar-refractivity contribution < 1.29 is 19.5 Å². The second-order valence-electron chi connectivity index (χ2n) is 4.45. The van der Waals surface area contributed by atoms with Gasteiger partial charge < -0.3 is 10.1 Å². The van der Waals surface area contributed by atoms with Gasteiger partial charge in [-0.1, -0.05) is 0 Å². The molecule has 0 aromatic rings. The maximum absolute atomic E-state index is 11.3. The van der Waals surface area contributed by atoms with Gasteiger partial charge in [0.25, 0.3) is 5.91 Å². The van der Waals surface area contributed by atoms with Crippen LogP contribution in [-0.4, -0.2) is 40.5 Å². The van der Waals surface area contributed by atoms with Crippen molar-refractivity contribution >= 4 is 12.0 Å². The van der Waals surface area contributed by atoms with Crippen LogP contribution in [-0.2, 0) is 9.53 Å². The number of hydrogen-bond donors (Lipinski definition) is 2. The van der Waals surface area contributed by atoms with Crippen LogP contribution in [0.1, 0.15) is 27.2 Å². The van der Waals surface area contributed by atoms with E-state index in [9.17, 15) is 9.59 Å². The quantitative estimate of drug-likeness (QED) is 0.626. The zero-order valence-corrected chi connectivity index (χ0v) is 9.11. The van der Waals surface area contributed by atoms with Crippen LogP contribution in [0.4, 0.5) is 4.79 Å². The normalized spacial score (nSPS) is 21.7. The number of ether oxygens (including phenoxy) is 1. The summed E-state index contributed by atoms with van der Waals surface area (Å²) in [6, 6.07) is -0.676. The van der Waals surface area contributed by atoms with Crippen molar-refractivity contribution in [2.45, 2.75) is 38.8 Å². The number of alkyl carbamates (subject to hydrolysis) is 1. The molecule has 86 valence electrons. The van der Waals surface area contributed by atoms with E-state index in [1.807, 2.05) is 0 Å². The Morgan fingerprint density at radius 3 is 2.60 bits per heavy atom. The van der Waals surface area contributed by atoms with Crippen molar-refractivity contribution in [2.24, 2.45) is 0 Å². The van der Waals surface area contributed by atoms with E-state index >= 15 is 0 Å². The maximum Gasteiger partial charge on any atom is 0.408 e. The summed E-state index contributed by atoms with van der Waals surface area (Å²) in [6.45, 7) is 5.45. The van der Waals surface area contributed by atoms with Crippen LogP contribution >= 0.6 is 0 Å². The first kappa shape index (κ1) is 11.8. The molecular formula is C9H16N2O4. The molecule has 1 heterocycles. The van der Waals surface area contributed by atoms with Gasteiger partial charge >= 0.3 is 6.09 Å². The molecular weight excluding hydrogens is 200 g/mol. The lowest BCUT2D eigenvalue weighted by Crippen LogP contribution is -2.43. The summed E-state index contributed by atoms with van der Waals surface area (Å²) in [5.74, 6) is -0.499. The van der Waals surface area contributed by atoms with E-state index in [1.54, 1.807) is 20.8 Å². The molecule has 0 bridgehead atoms. The van der Waals surface area contributed by atoms with Crippen molar-refractivity contribution in [1.82, 2.24) is 10.4 Å². The van der Waals surface area contributed by atoms with Crippen LogP contribution < -0.4 is 5.32 Å². The Morgan fingerprint density at radius 1 is 1.60 bits per heavy atom. The van der Waals surface area contributed by atoms with Crippen LogP contribution in [0.15, 0.2) is 0 Å². The molecule has 1 fully saturated rings. The lowest BCUT2D eigenvalue weighted by atomic mass is 10.2. The minimum absolute atomic E-state index is 0.235. The van der Waals surface area contributed by atoms with Crippen molar-refractivity contribution in [3.8, 4) is 0 Å². The van der Waals surface area contributed by atoms with Crippen LogP contribution in [0.3, 0.4) is 0 Å². The Hall–Kier alpha value is -1.30. The zero-order valence-electron chi connectivity index (χ0n) is 9.11. The maximum atomic E-state index is 11.3. The second-order valence-corrected chi connectivity index (χ2v) is 4.45. The van der Waals surface area contributed by atoms with Gasteiger partial charge in [-0.25, -0.2) is 9.86 Å². The Morgan fingerprint density at radius 2 is 2.20 bits per heavy atom. The monoisotopic (exact) mass is 216 g/mol. The third-order valence-electron chi connectivity index (χ3n) is 1.87. The highest BCUT2D eigenvalue weighted by Crippen LogP contribution is 2.11. The summed E-state index contributed by atoms with van der Waals surface area (Å²) in [5, 5.41) is 12.0. The molecule has 1 rings (SSSR count). The first-order chi connectivity index (χ1) is 6.79. The average Bonchev–Trinajstić information content (AvgIpc) is 2.32. The Balaban J connectivity index is 2.43. The third-order valence-corrected chi connectivity index (χ3v) is 1.87. The Labute approximate surface area is 88.1 Å². The van der Waals surface area contributed by atoms with Crippen molar-refractivity contribution in [1.29, 1.82) is 0 Å². The number of nitrogens with zero attached hydrogens (tertiary/aromatic N) is 1. The number of hydrogen-bond acceptors (Lipinski definition) is 4. The van der Waals surface area contributed by atoms with Gasteiger partial charge in [0.1, 0.15) is 11.6 Å². The highest BCUT2D eigenvalue weighted by Gasteiger charge is 2.33. The van der Waals surface area contributed by atoms with E-state index in [0.717, 1.165) is 0 Å². The number of hydroxylamine groups is 2. The third kappa shape index (κ3) is 3.39. The Kier molecular flexibility index (Phi) is 3.18. The van der Waals surface area contributed by atoms with E-state index in [-0.39, 0.29) is 6.54 Å². The number of carbonyl (C=O) groups excluding carboxylic acids is 2. The summed E-state index contributed by atoms with van der Waals surface area (Å²) in [5.41, 5.74) is -0.593. The van der Waals surface area contributed by atoms with Gasteiger partial charge in [-0.05, 0) is 27.2 Å². The predicted molar refractivity (Wildman–Crippen MR) is 51.3 cm³/mol. The number of carbonyl (C=O) groups is 2. The zero-order chi connectivity index (χ0) is 11.6. The summed E-state index contributed by atoms with van der Waals surface area (Å²) in [7, 11) is 0. The van der Waals surface area contributed by atoms with Gasteiger partial charge in [-0.15, -0.1) is 0 Å². The van der Waals surface area contributed by atoms with Gasteiger partial charge in [0.15, 0.2) is 0 Å². The van der Waals surface area contributed by atoms with E-state index in [1.165, 1.54) is 0 Å². The summed E-state index contributed by atoms with van der Waals surface area (Å²) < 4.78 is 4.98. The minimum Gasteiger partial charge on any atom is -0.444 e. The van der Waals surface area contributed by atoms with Crippen molar-refractivity contribution in [2.75, 3.05) is 6.54 Å². The predicted octanol–water partition coefficient (Wildman–Crippen LogP) is 0.501. The number of nitrogens with one attached hydrogen (secondary N) is 1. The molecule has 15 heavy (non-hydrogen) atoms.